The Morgan fingerprint density at radius 2 is 2.24 bits per heavy atom. The molecule has 0 spiro atoms. The highest BCUT2D eigenvalue weighted by atomic mass is 35.5. The van der Waals surface area contributed by atoms with Gasteiger partial charge in [-0.05, 0) is 37.5 Å². The number of halogens is 2. The zero-order valence-corrected chi connectivity index (χ0v) is 13.4. The van der Waals surface area contributed by atoms with Crippen LogP contribution in [0.1, 0.15) is 28.1 Å². The number of likely N-dealkylation sites (tertiary alicyclic amines) is 1. The van der Waals surface area contributed by atoms with Crippen molar-refractivity contribution in [2.45, 2.75) is 25.8 Å². The van der Waals surface area contributed by atoms with Gasteiger partial charge in [0.15, 0.2) is 0 Å². The molecule has 0 radical (unpaired) electrons. The van der Waals surface area contributed by atoms with E-state index >= 15 is 0 Å². The molecule has 2 heterocycles. The van der Waals surface area contributed by atoms with E-state index in [0.29, 0.717) is 16.8 Å². The number of amides is 1. The normalized spacial score (nSPS) is 18.6. The number of rotatable bonds is 1. The number of carbonyl (C=O) groups excluding carboxylic acids is 1. The van der Waals surface area contributed by atoms with E-state index in [4.69, 9.17) is 5.73 Å². The SMILES string of the molecule is Cc1c(C(=O)N2CCCC(N)C2)sc2cccc(F)c12.Cl. The lowest BCUT2D eigenvalue weighted by Crippen LogP contribution is -2.45. The highest BCUT2D eigenvalue weighted by Crippen LogP contribution is 2.33. The molecule has 0 aliphatic carbocycles. The van der Waals surface area contributed by atoms with Crippen LogP contribution in [-0.4, -0.2) is 29.9 Å². The Bertz CT molecular complexity index is 673. The summed E-state index contributed by atoms with van der Waals surface area (Å²) in [5.74, 6) is -0.274. The Morgan fingerprint density at radius 1 is 1.48 bits per heavy atom. The Hall–Kier alpha value is -1.17. The lowest BCUT2D eigenvalue weighted by atomic mass is 10.1. The van der Waals surface area contributed by atoms with Crippen molar-refractivity contribution in [3.05, 3.63) is 34.5 Å². The maximum Gasteiger partial charge on any atom is 0.264 e. The first-order valence-electron chi connectivity index (χ1n) is 6.80. The second kappa shape index (κ2) is 6.30. The lowest BCUT2D eigenvalue weighted by molar-refractivity contribution is 0.0713. The highest BCUT2D eigenvalue weighted by Gasteiger charge is 2.26. The Balaban J connectivity index is 0.00000161. The van der Waals surface area contributed by atoms with Crippen LogP contribution in [-0.2, 0) is 0 Å². The second-order valence-electron chi connectivity index (χ2n) is 5.32. The molecule has 6 heteroatoms. The molecule has 21 heavy (non-hydrogen) atoms. The number of fused-ring (bicyclic) bond motifs is 1. The number of benzene rings is 1. The number of nitrogens with two attached hydrogens (primary N) is 1. The number of piperidine rings is 1. The van der Waals surface area contributed by atoms with Crippen LogP contribution in [0.4, 0.5) is 4.39 Å². The van der Waals surface area contributed by atoms with Gasteiger partial charge in [-0.25, -0.2) is 4.39 Å². The standard InChI is InChI=1S/C15H17FN2OS.ClH/c1-9-13-11(16)5-2-6-12(13)20-14(9)15(19)18-7-3-4-10(17)8-18;/h2,5-6,10H,3-4,7-8,17H2,1H3;1H. The summed E-state index contributed by atoms with van der Waals surface area (Å²) in [7, 11) is 0. The zero-order valence-electron chi connectivity index (χ0n) is 11.8. The zero-order chi connectivity index (χ0) is 14.3. The van der Waals surface area contributed by atoms with Crippen LogP contribution >= 0.6 is 23.7 Å². The van der Waals surface area contributed by atoms with Crippen molar-refractivity contribution in [3.63, 3.8) is 0 Å². The van der Waals surface area contributed by atoms with Gasteiger partial charge in [0.2, 0.25) is 0 Å². The average molecular weight is 329 g/mol. The molecule has 3 rings (SSSR count). The van der Waals surface area contributed by atoms with E-state index < -0.39 is 0 Å². The van der Waals surface area contributed by atoms with Crippen LogP contribution < -0.4 is 5.73 Å². The fraction of sp³-hybridized carbons (Fsp3) is 0.400. The first-order chi connectivity index (χ1) is 9.58. The summed E-state index contributed by atoms with van der Waals surface area (Å²) in [6.07, 6.45) is 1.90. The summed E-state index contributed by atoms with van der Waals surface area (Å²) in [5.41, 5.74) is 6.67. The predicted octanol–water partition coefficient (Wildman–Crippen LogP) is 3.33. The van der Waals surface area contributed by atoms with Gasteiger partial charge >= 0.3 is 0 Å². The third-order valence-corrected chi connectivity index (χ3v) is 5.09. The van der Waals surface area contributed by atoms with Gasteiger partial charge in [0.1, 0.15) is 5.82 Å². The monoisotopic (exact) mass is 328 g/mol. The van der Waals surface area contributed by atoms with Crippen molar-refractivity contribution < 1.29 is 9.18 Å². The van der Waals surface area contributed by atoms with Gasteiger partial charge in [-0.2, -0.15) is 0 Å². The summed E-state index contributed by atoms with van der Waals surface area (Å²) in [6, 6.07) is 5.03. The number of hydrogen-bond acceptors (Lipinski definition) is 3. The minimum absolute atomic E-state index is 0. The fourth-order valence-corrected chi connectivity index (χ4v) is 3.99. The maximum atomic E-state index is 13.9. The summed E-state index contributed by atoms with van der Waals surface area (Å²) in [4.78, 5) is 15.0. The molecule has 0 saturated carbocycles. The van der Waals surface area contributed by atoms with E-state index in [1.165, 1.54) is 17.4 Å². The topological polar surface area (TPSA) is 46.3 Å². The van der Waals surface area contributed by atoms with E-state index in [9.17, 15) is 9.18 Å². The fourth-order valence-electron chi connectivity index (χ4n) is 2.80. The van der Waals surface area contributed by atoms with Crippen molar-refractivity contribution in [3.8, 4) is 0 Å². The molecular formula is C15H18ClFN2OS. The number of thiophene rings is 1. The van der Waals surface area contributed by atoms with E-state index in [0.717, 1.165) is 29.6 Å². The minimum Gasteiger partial charge on any atom is -0.336 e. The second-order valence-corrected chi connectivity index (χ2v) is 6.37. The van der Waals surface area contributed by atoms with Gasteiger partial charge in [0, 0.05) is 29.2 Å². The van der Waals surface area contributed by atoms with Crippen LogP contribution in [0.3, 0.4) is 0 Å². The summed E-state index contributed by atoms with van der Waals surface area (Å²) < 4.78 is 14.7. The van der Waals surface area contributed by atoms with Crippen LogP contribution in [0.5, 0.6) is 0 Å². The minimum atomic E-state index is -0.259. The summed E-state index contributed by atoms with van der Waals surface area (Å²) >= 11 is 1.37. The van der Waals surface area contributed by atoms with Crippen LogP contribution in [0.25, 0.3) is 10.1 Å². The number of hydrogen-bond donors (Lipinski definition) is 1. The van der Waals surface area contributed by atoms with Gasteiger partial charge in [0.25, 0.3) is 5.91 Å². The van der Waals surface area contributed by atoms with Crippen molar-refractivity contribution in [2.75, 3.05) is 13.1 Å². The van der Waals surface area contributed by atoms with Gasteiger partial charge in [-0.3, -0.25) is 4.79 Å². The molecule has 1 saturated heterocycles. The van der Waals surface area contributed by atoms with Crippen molar-refractivity contribution in [2.24, 2.45) is 5.73 Å². The largest absolute Gasteiger partial charge is 0.336 e. The van der Waals surface area contributed by atoms with Gasteiger partial charge in [-0.15, -0.1) is 23.7 Å². The van der Waals surface area contributed by atoms with Crippen molar-refractivity contribution in [1.82, 2.24) is 4.90 Å². The van der Waals surface area contributed by atoms with Crippen LogP contribution in [0.2, 0.25) is 0 Å². The number of aryl methyl sites for hydroxylation is 1. The smallest absolute Gasteiger partial charge is 0.264 e. The summed E-state index contributed by atoms with van der Waals surface area (Å²) in [5, 5.41) is 0.571. The first-order valence-corrected chi connectivity index (χ1v) is 7.62. The molecule has 1 aromatic heterocycles. The molecular weight excluding hydrogens is 311 g/mol. The molecule has 1 aliphatic rings. The summed E-state index contributed by atoms with van der Waals surface area (Å²) in [6.45, 7) is 3.15. The highest BCUT2D eigenvalue weighted by molar-refractivity contribution is 7.21. The average Bonchev–Trinajstić information content (AvgIpc) is 2.76. The number of nitrogens with zero attached hydrogens (tertiary/aromatic N) is 1. The predicted molar refractivity (Wildman–Crippen MR) is 86.9 cm³/mol. The maximum absolute atomic E-state index is 13.9. The van der Waals surface area contributed by atoms with E-state index in [2.05, 4.69) is 0 Å². The van der Waals surface area contributed by atoms with Crippen LogP contribution in [0.15, 0.2) is 18.2 Å². The quantitative estimate of drug-likeness (QED) is 0.872. The van der Waals surface area contributed by atoms with Gasteiger partial charge in [0.05, 0.1) is 4.88 Å². The molecule has 2 N–H and O–H groups in total. The molecule has 1 amide bonds. The van der Waals surface area contributed by atoms with E-state index in [1.54, 1.807) is 11.0 Å². The van der Waals surface area contributed by atoms with Crippen molar-refractivity contribution >= 4 is 39.7 Å². The third-order valence-electron chi connectivity index (χ3n) is 3.84. The molecule has 0 bridgehead atoms. The molecule has 1 fully saturated rings. The van der Waals surface area contributed by atoms with Crippen molar-refractivity contribution in [1.29, 1.82) is 0 Å². The lowest BCUT2D eigenvalue weighted by Gasteiger charge is -2.30. The third kappa shape index (κ3) is 2.91. The Morgan fingerprint density at radius 3 is 2.90 bits per heavy atom. The molecule has 114 valence electrons. The van der Waals surface area contributed by atoms with E-state index in [1.807, 2.05) is 13.0 Å². The molecule has 3 nitrogen and oxygen atoms in total. The molecule has 1 aliphatic heterocycles. The number of carbonyl (C=O) groups is 1. The molecule has 1 aromatic carbocycles. The Labute approximate surface area is 133 Å². The first kappa shape index (κ1) is 16.2. The molecule has 1 atom stereocenters. The van der Waals surface area contributed by atoms with E-state index in [-0.39, 0.29) is 30.2 Å². The van der Waals surface area contributed by atoms with Crippen LogP contribution in [0, 0.1) is 12.7 Å². The van der Waals surface area contributed by atoms with Gasteiger partial charge in [-0.1, -0.05) is 6.07 Å². The molecule has 2 aromatic rings. The van der Waals surface area contributed by atoms with Gasteiger partial charge < -0.3 is 10.6 Å². The Kier molecular flexibility index (Phi) is 4.86. The molecule has 1 unspecified atom stereocenters.